The molecule has 1 saturated heterocycles. The van der Waals surface area contributed by atoms with Crippen LogP contribution in [0.5, 0.6) is 0 Å². The molecule has 0 N–H and O–H groups in total. The first-order chi connectivity index (χ1) is 9.88. The zero-order valence-corrected chi connectivity index (χ0v) is 14.6. The third-order valence-corrected chi connectivity index (χ3v) is 7.44. The summed E-state index contributed by atoms with van der Waals surface area (Å²) in [5, 5.41) is -0.844. The maximum absolute atomic E-state index is 13.6. The van der Waals surface area contributed by atoms with Crippen LogP contribution in [-0.2, 0) is 9.84 Å². The first-order valence-electron chi connectivity index (χ1n) is 6.42. The van der Waals surface area contributed by atoms with Crippen molar-refractivity contribution in [1.82, 2.24) is 4.90 Å². The summed E-state index contributed by atoms with van der Waals surface area (Å²) >= 11 is 4.57. The molecule has 1 atom stereocenters. The fourth-order valence-corrected chi connectivity index (χ4v) is 5.53. The van der Waals surface area contributed by atoms with Crippen molar-refractivity contribution >= 4 is 43.4 Å². The molecule has 1 fully saturated rings. The molecular formula is C13H15BrFNO3S2. The van der Waals surface area contributed by atoms with Gasteiger partial charge < -0.3 is 4.90 Å². The Morgan fingerprint density at radius 3 is 2.90 bits per heavy atom. The minimum atomic E-state index is -3.37. The number of carbonyl (C=O) groups is 1. The Morgan fingerprint density at radius 1 is 1.52 bits per heavy atom. The van der Waals surface area contributed by atoms with Gasteiger partial charge in [0.15, 0.2) is 9.84 Å². The van der Waals surface area contributed by atoms with Crippen LogP contribution in [0, 0.1) is 5.82 Å². The SMILES string of the molecule is CCS(=O)(=O)C1CSCCN1C(=O)c1cccc(F)c1Br. The summed E-state index contributed by atoms with van der Waals surface area (Å²) < 4.78 is 38.0. The molecule has 4 nitrogen and oxygen atoms in total. The minimum absolute atomic E-state index is 0.0215. The molecule has 0 spiro atoms. The molecule has 1 heterocycles. The molecule has 1 aromatic carbocycles. The van der Waals surface area contributed by atoms with Crippen LogP contribution in [0.15, 0.2) is 22.7 Å². The first-order valence-corrected chi connectivity index (χ1v) is 10.1. The monoisotopic (exact) mass is 395 g/mol. The van der Waals surface area contributed by atoms with Crippen molar-refractivity contribution in [1.29, 1.82) is 0 Å². The van der Waals surface area contributed by atoms with E-state index in [0.717, 1.165) is 0 Å². The summed E-state index contributed by atoms with van der Waals surface area (Å²) in [6.45, 7) is 1.91. The van der Waals surface area contributed by atoms with Crippen molar-refractivity contribution in [3.05, 3.63) is 34.1 Å². The lowest BCUT2D eigenvalue weighted by molar-refractivity contribution is 0.0748. The van der Waals surface area contributed by atoms with Crippen LogP contribution < -0.4 is 0 Å². The van der Waals surface area contributed by atoms with Crippen molar-refractivity contribution in [3.8, 4) is 0 Å². The number of rotatable bonds is 3. The third-order valence-electron chi connectivity index (χ3n) is 3.34. The van der Waals surface area contributed by atoms with Crippen LogP contribution >= 0.6 is 27.7 Å². The highest BCUT2D eigenvalue weighted by molar-refractivity contribution is 9.10. The van der Waals surface area contributed by atoms with Crippen molar-refractivity contribution in [2.24, 2.45) is 0 Å². The summed E-state index contributed by atoms with van der Waals surface area (Å²) in [5.41, 5.74) is 0.151. The Labute approximate surface area is 136 Å². The fraction of sp³-hybridized carbons (Fsp3) is 0.462. The molecular weight excluding hydrogens is 381 g/mol. The van der Waals surface area contributed by atoms with Crippen molar-refractivity contribution in [3.63, 3.8) is 0 Å². The summed E-state index contributed by atoms with van der Waals surface area (Å²) in [7, 11) is -3.37. The Kier molecular flexibility index (Phi) is 5.32. The van der Waals surface area contributed by atoms with E-state index in [-0.39, 0.29) is 15.8 Å². The van der Waals surface area contributed by atoms with Crippen molar-refractivity contribution < 1.29 is 17.6 Å². The van der Waals surface area contributed by atoms with Gasteiger partial charge in [-0.2, -0.15) is 11.8 Å². The molecule has 21 heavy (non-hydrogen) atoms. The normalized spacial score (nSPS) is 19.6. The average Bonchev–Trinajstić information content (AvgIpc) is 2.49. The second-order valence-corrected chi connectivity index (χ2v) is 8.97. The summed E-state index contributed by atoms with van der Waals surface area (Å²) in [5.74, 6) is 0.0149. The Balaban J connectivity index is 2.38. The van der Waals surface area contributed by atoms with Gasteiger partial charge in [0.2, 0.25) is 0 Å². The third kappa shape index (κ3) is 3.43. The molecule has 0 aromatic heterocycles. The van der Waals surface area contributed by atoms with Crippen LogP contribution in [-0.4, -0.2) is 48.4 Å². The van der Waals surface area contributed by atoms with E-state index in [1.165, 1.54) is 34.9 Å². The van der Waals surface area contributed by atoms with Gasteiger partial charge >= 0.3 is 0 Å². The first kappa shape index (κ1) is 16.8. The van der Waals surface area contributed by atoms with Crippen LogP contribution in [0.1, 0.15) is 17.3 Å². The molecule has 8 heteroatoms. The van der Waals surface area contributed by atoms with E-state index in [9.17, 15) is 17.6 Å². The average molecular weight is 396 g/mol. The second kappa shape index (κ2) is 6.66. The number of hydrogen-bond acceptors (Lipinski definition) is 4. The van der Waals surface area contributed by atoms with Crippen LogP contribution in [0.25, 0.3) is 0 Å². The maximum Gasteiger partial charge on any atom is 0.256 e. The Bertz CT molecular complexity index is 651. The summed E-state index contributed by atoms with van der Waals surface area (Å²) in [6.07, 6.45) is 0. The maximum atomic E-state index is 13.6. The molecule has 2 rings (SSSR count). The molecule has 1 aliphatic heterocycles. The lowest BCUT2D eigenvalue weighted by Gasteiger charge is -2.34. The number of halogens is 2. The minimum Gasteiger partial charge on any atom is -0.320 e. The topological polar surface area (TPSA) is 54.5 Å². The number of benzene rings is 1. The van der Waals surface area contributed by atoms with E-state index in [0.29, 0.717) is 18.1 Å². The van der Waals surface area contributed by atoms with Crippen LogP contribution in [0.2, 0.25) is 0 Å². The standard InChI is InChI=1S/C13H15BrFNO3S2/c1-2-21(18,19)11-8-20-7-6-16(11)13(17)9-4-3-5-10(15)12(9)14/h3-5,11H,2,6-8H2,1H3. The lowest BCUT2D eigenvalue weighted by Crippen LogP contribution is -2.50. The van der Waals surface area contributed by atoms with E-state index < -0.39 is 26.9 Å². The number of carbonyl (C=O) groups excluding carboxylic acids is 1. The zero-order chi connectivity index (χ0) is 15.6. The van der Waals surface area contributed by atoms with Crippen molar-refractivity contribution in [2.45, 2.75) is 12.3 Å². The number of thioether (sulfide) groups is 1. The molecule has 1 amide bonds. The van der Waals surface area contributed by atoms with Crippen molar-refractivity contribution in [2.75, 3.05) is 23.8 Å². The van der Waals surface area contributed by atoms with Gasteiger partial charge in [-0.3, -0.25) is 4.79 Å². The predicted octanol–water partition coefficient (Wildman–Crippen LogP) is 2.54. The van der Waals surface area contributed by atoms with Gasteiger partial charge in [0.05, 0.1) is 10.0 Å². The number of nitrogens with zero attached hydrogens (tertiary/aromatic N) is 1. The molecule has 0 bridgehead atoms. The fourth-order valence-electron chi connectivity index (χ4n) is 2.13. The quantitative estimate of drug-likeness (QED) is 0.788. The lowest BCUT2D eigenvalue weighted by atomic mass is 10.2. The van der Waals surface area contributed by atoms with Crippen LogP contribution in [0.3, 0.4) is 0 Å². The molecule has 0 radical (unpaired) electrons. The van der Waals surface area contributed by atoms with Gasteiger partial charge in [-0.25, -0.2) is 12.8 Å². The summed E-state index contributed by atoms with van der Waals surface area (Å²) in [6, 6.07) is 4.18. The smallest absolute Gasteiger partial charge is 0.256 e. The van der Waals surface area contributed by atoms with Gasteiger partial charge in [0, 0.05) is 23.8 Å². The van der Waals surface area contributed by atoms with Gasteiger partial charge in [-0.05, 0) is 28.1 Å². The largest absolute Gasteiger partial charge is 0.320 e. The Morgan fingerprint density at radius 2 is 2.24 bits per heavy atom. The van der Waals surface area contributed by atoms with E-state index in [4.69, 9.17) is 0 Å². The van der Waals surface area contributed by atoms with Gasteiger partial charge in [-0.1, -0.05) is 13.0 Å². The molecule has 1 aromatic rings. The molecule has 1 unspecified atom stereocenters. The number of hydrogen-bond donors (Lipinski definition) is 0. The van der Waals surface area contributed by atoms with E-state index in [2.05, 4.69) is 15.9 Å². The second-order valence-electron chi connectivity index (χ2n) is 4.58. The highest BCUT2D eigenvalue weighted by atomic mass is 79.9. The molecule has 0 saturated carbocycles. The van der Waals surface area contributed by atoms with Crippen LogP contribution in [0.4, 0.5) is 4.39 Å². The van der Waals surface area contributed by atoms with Gasteiger partial charge in [-0.15, -0.1) is 0 Å². The zero-order valence-electron chi connectivity index (χ0n) is 11.4. The molecule has 116 valence electrons. The van der Waals surface area contributed by atoms with E-state index >= 15 is 0 Å². The highest BCUT2D eigenvalue weighted by Gasteiger charge is 2.36. The predicted molar refractivity (Wildman–Crippen MR) is 85.7 cm³/mol. The Hall–Kier alpha value is -0.600. The van der Waals surface area contributed by atoms with E-state index in [1.807, 2.05) is 0 Å². The summed E-state index contributed by atoms with van der Waals surface area (Å²) in [4.78, 5) is 13.9. The van der Waals surface area contributed by atoms with Gasteiger partial charge in [0.1, 0.15) is 11.2 Å². The van der Waals surface area contributed by atoms with Gasteiger partial charge in [0.25, 0.3) is 5.91 Å². The van der Waals surface area contributed by atoms with E-state index in [1.54, 1.807) is 6.92 Å². The molecule has 1 aliphatic rings. The number of amides is 1. The number of sulfone groups is 1. The molecule has 0 aliphatic carbocycles. The highest BCUT2D eigenvalue weighted by Crippen LogP contribution is 2.27.